The third-order valence-corrected chi connectivity index (χ3v) is 0. The number of rotatable bonds is 0. The van der Waals surface area contributed by atoms with Gasteiger partial charge in [0.15, 0.2) is 0 Å². The zero-order valence-electron chi connectivity index (χ0n) is 9.17. The molecule has 0 aromatic rings. The first-order chi connectivity index (χ1) is 7.73. The van der Waals surface area contributed by atoms with Crippen molar-refractivity contribution in [3.8, 4) is 0 Å². The molecule has 0 unspecified atom stereocenters. The van der Waals surface area contributed by atoms with E-state index in [1.807, 2.05) is 0 Å². The fraction of sp³-hybridized carbons (Fsp3) is 0.500. The van der Waals surface area contributed by atoms with E-state index in [4.69, 9.17) is 68.9 Å². The second kappa shape index (κ2) is 11.6. The maximum absolute atomic E-state index is 8.88. The summed E-state index contributed by atoms with van der Waals surface area (Å²) in [5.41, 5.74) is 4.69. The maximum atomic E-state index is 8.88. The van der Waals surface area contributed by atoms with E-state index >= 15 is 0 Å². The lowest BCUT2D eigenvalue weighted by Gasteiger charge is -1.82. The van der Waals surface area contributed by atoms with Crippen molar-refractivity contribution >= 4 is 29.3 Å². The molecular weight excluding hydrogens is 337 g/mol. The van der Waals surface area contributed by atoms with Crippen LogP contribution >= 0.6 is 23.5 Å². The third-order valence-electron chi connectivity index (χ3n) is 0. The highest BCUT2D eigenvalue weighted by molar-refractivity contribution is 7.45. The van der Waals surface area contributed by atoms with Crippen molar-refractivity contribution in [1.82, 2.24) is 0 Å². The summed E-state index contributed by atoms with van der Waals surface area (Å²) in [6.45, 7) is 1.53. The molecule has 14 nitrogen and oxygen atoms in total. The SMILES string of the molecule is CC(=N)N.O=P(O)(O)O.O=P(O)(O)O.O=P(O)(O)O. The molecule has 120 valence electrons. The lowest BCUT2D eigenvalue weighted by Crippen LogP contribution is -2.00. The van der Waals surface area contributed by atoms with Crippen LogP contribution in [0.2, 0.25) is 0 Å². The zero-order valence-corrected chi connectivity index (χ0v) is 11.9. The van der Waals surface area contributed by atoms with Gasteiger partial charge in [0, 0.05) is 0 Å². The quantitative estimate of drug-likeness (QED) is 0.119. The Morgan fingerprint density at radius 1 is 0.737 bits per heavy atom. The van der Waals surface area contributed by atoms with Crippen molar-refractivity contribution in [2.45, 2.75) is 6.92 Å². The monoisotopic (exact) mass is 352 g/mol. The van der Waals surface area contributed by atoms with Gasteiger partial charge in [0.1, 0.15) is 0 Å². The molecular formula is C2H15N2O12P3. The molecule has 0 aliphatic rings. The van der Waals surface area contributed by atoms with E-state index in [0.29, 0.717) is 0 Å². The first kappa shape index (κ1) is 27.2. The highest BCUT2D eigenvalue weighted by Crippen LogP contribution is 2.26. The molecule has 0 rings (SSSR count). The van der Waals surface area contributed by atoms with Crippen LogP contribution in [0, 0.1) is 5.41 Å². The molecule has 0 aliphatic heterocycles. The summed E-state index contributed by atoms with van der Waals surface area (Å²) >= 11 is 0. The number of hydrogen-bond acceptors (Lipinski definition) is 4. The van der Waals surface area contributed by atoms with E-state index in [2.05, 4.69) is 0 Å². The van der Waals surface area contributed by atoms with Gasteiger partial charge in [0.2, 0.25) is 0 Å². The van der Waals surface area contributed by atoms with Crippen LogP contribution < -0.4 is 5.73 Å². The van der Waals surface area contributed by atoms with Gasteiger partial charge >= 0.3 is 23.5 Å². The molecule has 0 saturated heterocycles. The third kappa shape index (κ3) is 111000. The van der Waals surface area contributed by atoms with Gasteiger partial charge in [-0.2, -0.15) is 0 Å². The molecule has 0 fully saturated rings. The number of nitrogens with one attached hydrogen (secondary N) is 1. The Kier molecular flexibility index (Phi) is 16.6. The Hall–Kier alpha value is -0.200. The maximum Gasteiger partial charge on any atom is 0.466 e. The first-order valence-electron chi connectivity index (χ1n) is 3.39. The molecule has 19 heavy (non-hydrogen) atoms. The molecule has 0 atom stereocenters. The molecule has 0 saturated carbocycles. The standard InChI is InChI=1S/C2H6N2.3H3O4P/c1-2(3)4;3*1-5(2,3)4/h1H3,(H3,3,4);3*(H3,1,2,3,4). The van der Waals surface area contributed by atoms with Crippen LogP contribution in [-0.2, 0) is 13.7 Å². The minimum atomic E-state index is -4.64. The topological polar surface area (TPSA) is 283 Å². The summed E-state index contributed by atoms with van der Waals surface area (Å²) < 4.78 is 26.6. The minimum Gasteiger partial charge on any atom is -0.388 e. The van der Waals surface area contributed by atoms with E-state index in [1.165, 1.54) is 6.92 Å². The second-order valence-electron chi connectivity index (χ2n) is 2.22. The van der Waals surface area contributed by atoms with Gasteiger partial charge in [0.05, 0.1) is 5.84 Å². The van der Waals surface area contributed by atoms with E-state index in [9.17, 15) is 0 Å². The molecule has 0 aliphatic carbocycles. The van der Waals surface area contributed by atoms with E-state index in [0.717, 1.165) is 0 Å². The van der Waals surface area contributed by atoms with Crippen LogP contribution in [0.15, 0.2) is 0 Å². The summed E-state index contributed by atoms with van der Waals surface area (Å²) in [7, 11) is -13.9. The van der Waals surface area contributed by atoms with Crippen LogP contribution in [0.5, 0.6) is 0 Å². The fourth-order valence-corrected chi connectivity index (χ4v) is 0. The van der Waals surface area contributed by atoms with Crippen LogP contribution in [0.3, 0.4) is 0 Å². The summed E-state index contributed by atoms with van der Waals surface area (Å²) in [4.78, 5) is 64.7. The number of phosphoric acid groups is 3. The Bertz CT molecular complexity index is 285. The Balaban J connectivity index is -0.0000000793. The number of hydrogen-bond donors (Lipinski definition) is 11. The molecule has 0 amide bonds. The van der Waals surface area contributed by atoms with Gasteiger partial charge in [-0.3, -0.25) is 5.41 Å². The summed E-state index contributed by atoms with van der Waals surface area (Å²) in [6.07, 6.45) is 0. The van der Waals surface area contributed by atoms with Crippen LogP contribution in [0.25, 0.3) is 0 Å². The van der Waals surface area contributed by atoms with Crippen LogP contribution in [-0.4, -0.2) is 49.9 Å². The Morgan fingerprint density at radius 3 is 0.737 bits per heavy atom. The molecule has 17 heteroatoms. The lowest BCUT2D eigenvalue weighted by atomic mass is 10.8. The molecule has 0 radical (unpaired) electrons. The van der Waals surface area contributed by atoms with Crippen LogP contribution in [0.1, 0.15) is 6.92 Å². The highest BCUT2D eigenvalue weighted by atomic mass is 31.2. The number of amidine groups is 1. The summed E-state index contributed by atoms with van der Waals surface area (Å²) in [5, 5.41) is 6.28. The molecule has 12 N–H and O–H groups in total. The Labute approximate surface area is 106 Å². The van der Waals surface area contributed by atoms with Gasteiger partial charge < -0.3 is 49.8 Å². The lowest BCUT2D eigenvalue weighted by molar-refractivity contribution is 0.272. The predicted octanol–water partition coefficient (Wildman–Crippen LogP) is -2.84. The van der Waals surface area contributed by atoms with E-state index in [-0.39, 0.29) is 5.84 Å². The van der Waals surface area contributed by atoms with Gasteiger partial charge in [0.25, 0.3) is 0 Å². The first-order valence-corrected chi connectivity index (χ1v) is 8.08. The van der Waals surface area contributed by atoms with Gasteiger partial charge in [-0.15, -0.1) is 0 Å². The average Bonchev–Trinajstić information content (AvgIpc) is 1.66. The second-order valence-corrected chi connectivity index (χ2v) is 5.30. The van der Waals surface area contributed by atoms with E-state index in [1.54, 1.807) is 0 Å². The van der Waals surface area contributed by atoms with Gasteiger partial charge in [-0.25, -0.2) is 13.7 Å². The summed E-state index contributed by atoms with van der Waals surface area (Å²) in [5.74, 6) is 0.167. The highest BCUT2D eigenvalue weighted by Gasteiger charge is 2.01. The van der Waals surface area contributed by atoms with Crippen molar-refractivity contribution in [3.05, 3.63) is 0 Å². The largest absolute Gasteiger partial charge is 0.466 e. The van der Waals surface area contributed by atoms with Gasteiger partial charge in [-0.1, -0.05) is 0 Å². The van der Waals surface area contributed by atoms with Crippen LogP contribution in [0.4, 0.5) is 0 Å². The average molecular weight is 352 g/mol. The molecule has 0 aromatic carbocycles. The minimum absolute atomic E-state index is 0.167. The van der Waals surface area contributed by atoms with Crippen molar-refractivity contribution in [1.29, 1.82) is 5.41 Å². The fourth-order valence-electron chi connectivity index (χ4n) is 0. The number of nitrogens with two attached hydrogens (primary N) is 1. The van der Waals surface area contributed by atoms with Crippen molar-refractivity contribution in [2.75, 3.05) is 0 Å². The van der Waals surface area contributed by atoms with Crippen molar-refractivity contribution in [3.63, 3.8) is 0 Å². The van der Waals surface area contributed by atoms with Crippen molar-refractivity contribution in [2.24, 2.45) is 5.73 Å². The molecule has 0 spiro atoms. The smallest absolute Gasteiger partial charge is 0.388 e. The zero-order chi connectivity index (χ0) is 17.1. The molecule has 0 heterocycles. The molecule has 0 aromatic heterocycles. The Morgan fingerprint density at radius 2 is 0.737 bits per heavy atom. The summed E-state index contributed by atoms with van der Waals surface area (Å²) in [6, 6.07) is 0. The van der Waals surface area contributed by atoms with E-state index < -0.39 is 23.5 Å². The predicted molar refractivity (Wildman–Crippen MR) is 60.4 cm³/mol. The molecule has 0 bridgehead atoms. The van der Waals surface area contributed by atoms with Gasteiger partial charge in [-0.05, 0) is 6.92 Å². The normalized spacial score (nSPS) is 10.6. The van der Waals surface area contributed by atoms with Crippen molar-refractivity contribution < 1.29 is 57.7 Å².